The maximum absolute atomic E-state index is 14.0. The molecule has 0 aliphatic heterocycles. The van der Waals surface area contributed by atoms with E-state index in [4.69, 9.17) is 0 Å². The Bertz CT molecular complexity index is 444. The first kappa shape index (κ1) is 13.9. The molecule has 1 saturated carbocycles. The summed E-state index contributed by atoms with van der Waals surface area (Å²) in [5.41, 5.74) is 0.241. The van der Waals surface area contributed by atoms with Crippen molar-refractivity contribution in [1.82, 2.24) is 5.32 Å². The number of hydrogen-bond acceptors (Lipinski definition) is 1. The maximum Gasteiger partial charge on any atom is 0.143 e. The Morgan fingerprint density at radius 1 is 1.39 bits per heavy atom. The van der Waals surface area contributed by atoms with Gasteiger partial charge in [0, 0.05) is 11.6 Å². The SMILES string of the molecule is CCNC(C)C1(Cc2c(F)ccc(Br)c2F)CC1. The minimum absolute atomic E-state index is 0.0263. The summed E-state index contributed by atoms with van der Waals surface area (Å²) in [4.78, 5) is 0. The highest BCUT2D eigenvalue weighted by Crippen LogP contribution is 2.52. The summed E-state index contributed by atoms with van der Waals surface area (Å²) in [5.74, 6) is -0.893. The molecule has 0 bridgehead atoms. The van der Waals surface area contributed by atoms with Gasteiger partial charge in [-0.25, -0.2) is 8.78 Å². The normalized spacial score (nSPS) is 18.7. The molecule has 1 aromatic rings. The number of benzene rings is 1. The molecule has 100 valence electrons. The molecule has 1 fully saturated rings. The molecule has 1 atom stereocenters. The van der Waals surface area contributed by atoms with Crippen LogP contribution in [0.2, 0.25) is 0 Å². The standard InChI is InChI=1S/C14H18BrF2N/c1-3-18-9(2)14(6-7-14)8-10-12(16)5-4-11(15)13(10)17/h4-5,9,18H,3,6-8H2,1-2H3. The number of halogens is 3. The molecule has 1 N–H and O–H groups in total. The Hall–Kier alpha value is -0.480. The fourth-order valence-corrected chi connectivity index (χ4v) is 2.90. The Kier molecular flexibility index (Phi) is 4.07. The first-order valence-corrected chi connectivity index (χ1v) is 7.15. The van der Waals surface area contributed by atoms with Crippen molar-refractivity contribution in [1.29, 1.82) is 0 Å². The first-order chi connectivity index (χ1) is 8.50. The summed E-state index contributed by atoms with van der Waals surface area (Å²) in [5, 5.41) is 3.37. The molecule has 1 aliphatic carbocycles. The average molecular weight is 318 g/mol. The minimum Gasteiger partial charge on any atom is -0.314 e. The van der Waals surface area contributed by atoms with Crippen molar-refractivity contribution in [3.8, 4) is 0 Å². The lowest BCUT2D eigenvalue weighted by Gasteiger charge is -2.24. The fourth-order valence-electron chi connectivity index (χ4n) is 2.53. The highest BCUT2D eigenvalue weighted by molar-refractivity contribution is 9.10. The summed E-state index contributed by atoms with van der Waals surface area (Å²) in [6, 6.07) is 3.04. The van der Waals surface area contributed by atoms with Crippen LogP contribution in [0.1, 0.15) is 32.3 Å². The maximum atomic E-state index is 14.0. The van der Waals surface area contributed by atoms with Gasteiger partial charge in [0.15, 0.2) is 0 Å². The predicted octanol–water partition coefficient (Wildman–Crippen LogP) is 4.05. The van der Waals surface area contributed by atoms with E-state index in [1.54, 1.807) is 0 Å². The molecule has 1 nitrogen and oxygen atoms in total. The van der Waals surface area contributed by atoms with Crippen molar-refractivity contribution in [2.45, 2.75) is 39.2 Å². The van der Waals surface area contributed by atoms with Crippen molar-refractivity contribution in [2.75, 3.05) is 6.54 Å². The van der Waals surface area contributed by atoms with Gasteiger partial charge in [-0.3, -0.25) is 0 Å². The predicted molar refractivity (Wildman–Crippen MR) is 72.6 cm³/mol. The topological polar surface area (TPSA) is 12.0 Å². The zero-order valence-corrected chi connectivity index (χ0v) is 12.3. The van der Waals surface area contributed by atoms with E-state index in [1.165, 1.54) is 12.1 Å². The summed E-state index contributed by atoms with van der Waals surface area (Å²) >= 11 is 3.12. The van der Waals surface area contributed by atoms with E-state index in [2.05, 4.69) is 28.2 Å². The molecule has 1 aromatic carbocycles. The lowest BCUT2D eigenvalue weighted by Crippen LogP contribution is -2.36. The van der Waals surface area contributed by atoms with Crippen LogP contribution in [0, 0.1) is 17.0 Å². The molecule has 2 rings (SSSR count). The third-order valence-electron chi connectivity index (χ3n) is 3.99. The van der Waals surface area contributed by atoms with Gasteiger partial charge in [-0.1, -0.05) is 6.92 Å². The van der Waals surface area contributed by atoms with E-state index < -0.39 is 11.6 Å². The van der Waals surface area contributed by atoms with Gasteiger partial charge in [0.1, 0.15) is 11.6 Å². The second-order valence-electron chi connectivity index (χ2n) is 5.14. The highest BCUT2D eigenvalue weighted by Gasteiger charge is 2.47. The zero-order chi connectivity index (χ0) is 13.3. The van der Waals surface area contributed by atoms with E-state index in [0.717, 1.165) is 19.4 Å². The lowest BCUT2D eigenvalue weighted by atomic mass is 9.89. The van der Waals surface area contributed by atoms with Crippen LogP contribution in [0.25, 0.3) is 0 Å². The van der Waals surface area contributed by atoms with E-state index in [-0.39, 0.29) is 11.0 Å². The molecule has 0 aromatic heterocycles. The van der Waals surface area contributed by atoms with Gasteiger partial charge in [0.25, 0.3) is 0 Å². The van der Waals surface area contributed by atoms with Crippen LogP contribution >= 0.6 is 15.9 Å². The van der Waals surface area contributed by atoms with Crippen molar-refractivity contribution in [2.24, 2.45) is 5.41 Å². The van der Waals surface area contributed by atoms with Gasteiger partial charge in [-0.05, 0) is 66.2 Å². The van der Waals surface area contributed by atoms with Crippen molar-refractivity contribution >= 4 is 15.9 Å². The first-order valence-electron chi connectivity index (χ1n) is 6.36. The van der Waals surface area contributed by atoms with Crippen LogP contribution in [0.3, 0.4) is 0 Å². The fraction of sp³-hybridized carbons (Fsp3) is 0.571. The van der Waals surface area contributed by atoms with Crippen molar-refractivity contribution in [3.63, 3.8) is 0 Å². The summed E-state index contributed by atoms with van der Waals surface area (Å²) in [6.07, 6.45) is 2.54. The third-order valence-corrected chi connectivity index (χ3v) is 4.60. The lowest BCUT2D eigenvalue weighted by molar-refractivity contribution is 0.346. The summed E-state index contributed by atoms with van der Waals surface area (Å²) in [6.45, 7) is 5.03. The molecule has 0 radical (unpaired) electrons. The number of rotatable bonds is 5. The van der Waals surface area contributed by atoms with Crippen molar-refractivity contribution < 1.29 is 8.78 Å². The Balaban J connectivity index is 2.22. The molecule has 0 spiro atoms. The minimum atomic E-state index is -0.454. The number of hydrogen-bond donors (Lipinski definition) is 1. The Labute approximate surface area is 115 Å². The molecule has 0 amide bonds. The zero-order valence-electron chi connectivity index (χ0n) is 10.7. The Morgan fingerprint density at radius 3 is 2.61 bits per heavy atom. The van der Waals surface area contributed by atoms with Crippen LogP contribution in [-0.2, 0) is 6.42 Å². The van der Waals surface area contributed by atoms with Gasteiger partial charge < -0.3 is 5.32 Å². The summed E-state index contributed by atoms with van der Waals surface area (Å²) in [7, 11) is 0. The molecular formula is C14H18BrF2N. The number of nitrogens with one attached hydrogen (secondary N) is 1. The van der Waals surface area contributed by atoms with Crippen LogP contribution in [-0.4, -0.2) is 12.6 Å². The molecule has 1 unspecified atom stereocenters. The van der Waals surface area contributed by atoms with E-state index in [0.29, 0.717) is 16.9 Å². The van der Waals surface area contributed by atoms with Gasteiger partial charge in [0.05, 0.1) is 4.47 Å². The van der Waals surface area contributed by atoms with E-state index >= 15 is 0 Å². The highest BCUT2D eigenvalue weighted by atomic mass is 79.9. The quantitative estimate of drug-likeness (QED) is 0.808. The second-order valence-corrected chi connectivity index (χ2v) is 5.99. The van der Waals surface area contributed by atoms with Gasteiger partial charge >= 0.3 is 0 Å². The third kappa shape index (κ3) is 2.59. The average Bonchev–Trinajstić information content (AvgIpc) is 3.11. The van der Waals surface area contributed by atoms with Crippen molar-refractivity contribution in [3.05, 3.63) is 33.8 Å². The molecule has 18 heavy (non-hydrogen) atoms. The Morgan fingerprint density at radius 2 is 2.06 bits per heavy atom. The molecular weight excluding hydrogens is 300 g/mol. The van der Waals surface area contributed by atoms with E-state index in [1.807, 2.05) is 6.92 Å². The molecule has 1 aliphatic rings. The van der Waals surface area contributed by atoms with E-state index in [9.17, 15) is 8.78 Å². The van der Waals surface area contributed by atoms with Gasteiger partial charge in [0.2, 0.25) is 0 Å². The van der Waals surface area contributed by atoms with Crippen LogP contribution in [0.4, 0.5) is 8.78 Å². The van der Waals surface area contributed by atoms with Crippen LogP contribution in [0.15, 0.2) is 16.6 Å². The molecule has 4 heteroatoms. The molecule has 0 saturated heterocycles. The monoisotopic (exact) mass is 317 g/mol. The largest absolute Gasteiger partial charge is 0.314 e. The van der Waals surface area contributed by atoms with Crippen LogP contribution in [0.5, 0.6) is 0 Å². The van der Waals surface area contributed by atoms with Gasteiger partial charge in [-0.15, -0.1) is 0 Å². The van der Waals surface area contributed by atoms with Crippen LogP contribution < -0.4 is 5.32 Å². The van der Waals surface area contributed by atoms with Gasteiger partial charge in [-0.2, -0.15) is 0 Å². The smallest absolute Gasteiger partial charge is 0.143 e. The summed E-state index contributed by atoms with van der Waals surface area (Å²) < 4.78 is 28.1. The molecule has 0 heterocycles. The second kappa shape index (κ2) is 5.25.